The fraction of sp³-hybridized carbons (Fsp3) is 0.227. The Morgan fingerprint density at radius 1 is 1.21 bits per heavy atom. The van der Waals surface area contributed by atoms with Crippen LogP contribution in [0.15, 0.2) is 35.5 Å². The van der Waals surface area contributed by atoms with Gasteiger partial charge in [-0.2, -0.15) is 24.0 Å². The SMILES string of the molecule is N#Cc1cc(Cn2cnc(C(F)(F)C(F)F)c(Oc3cc(Cl)cc(C#N)c3F)c2=O)[n+]([O-])cc1OCCO. The summed E-state index contributed by atoms with van der Waals surface area (Å²) >= 11 is 5.76. The van der Waals surface area contributed by atoms with Gasteiger partial charge in [0.25, 0.3) is 5.56 Å². The Labute approximate surface area is 214 Å². The van der Waals surface area contributed by atoms with E-state index in [1.807, 2.05) is 0 Å². The lowest BCUT2D eigenvalue weighted by molar-refractivity contribution is -0.614. The maximum Gasteiger partial charge on any atom is 0.352 e. The highest BCUT2D eigenvalue weighted by Gasteiger charge is 2.48. The summed E-state index contributed by atoms with van der Waals surface area (Å²) in [4.78, 5) is 16.3. The van der Waals surface area contributed by atoms with Crippen LogP contribution in [0.2, 0.25) is 5.02 Å². The first-order valence-corrected chi connectivity index (χ1v) is 10.5. The van der Waals surface area contributed by atoms with Crippen LogP contribution in [0, 0.1) is 33.7 Å². The van der Waals surface area contributed by atoms with E-state index in [1.165, 1.54) is 6.07 Å². The Morgan fingerprint density at radius 2 is 1.89 bits per heavy atom. The molecule has 0 fully saturated rings. The van der Waals surface area contributed by atoms with Crippen molar-refractivity contribution in [3.63, 3.8) is 0 Å². The van der Waals surface area contributed by atoms with Gasteiger partial charge in [0.15, 0.2) is 17.3 Å². The van der Waals surface area contributed by atoms with Gasteiger partial charge in [0.05, 0.1) is 18.5 Å². The molecule has 0 aliphatic heterocycles. The second kappa shape index (κ2) is 11.3. The van der Waals surface area contributed by atoms with Crippen LogP contribution in [0.3, 0.4) is 0 Å². The summed E-state index contributed by atoms with van der Waals surface area (Å²) in [7, 11) is 0. The number of aromatic nitrogens is 3. The van der Waals surface area contributed by atoms with Gasteiger partial charge in [-0.1, -0.05) is 11.6 Å². The van der Waals surface area contributed by atoms with Crippen LogP contribution in [0.4, 0.5) is 22.0 Å². The van der Waals surface area contributed by atoms with Gasteiger partial charge in [0.1, 0.15) is 30.9 Å². The van der Waals surface area contributed by atoms with Crippen molar-refractivity contribution in [3.8, 4) is 29.4 Å². The number of pyridine rings is 1. The Morgan fingerprint density at radius 3 is 2.50 bits per heavy atom. The predicted octanol–water partition coefficient (Wildman–Crippen LogP) is 2.98. The molecular weight excluding hydrogens is 545 g/mol. The van der Waals surface area contributed by atoms with E-state index in [0.29, 0.717) is 17.0 Å². The monoisotopic (exact) mass is 557 g/mol. The second-order valence-electron chi connectivity index (χ2n) is 7.31. The van der Waals surface area contributed by atoms with E-state index in [1.54, 1.807) is 6.07 Å². The number of alkyl halides is 4. The molecule has 198 valence electrons. The van der Waals surface area contributed by atoms with E-state index in [2.05, 4.69) is 4.98 Å². The Hall–Kier alpha value is -4.47. The first-order chi connectivity index (χ1) is 17.9. The number of hydrogen-bond donors (Lipinski definition) is 1. The van der Waals surface area contributed by atoms with Gasteiger partial charge < -0.3 is 19.8 Å². The summed E-state index contributed by atoms with van der Waals surface area (Å²) in [5.74, 6) is -9.19. The van der Waals surface area contributed by atoms with Crippen molar-refractivity contribution in [1.29, 1.82) is 10.5 Å². The van der Waals surface area contributed by atoms with Crippen molar-refractivity contribution in [2.45, 2.75) is 18.9 Å². The number of nitriles is 2. The van der Waals surface area contributed by atoms with E-state index in [9.17, 15) is 37.2 Å². The number of hydrogen-bond acceptors (Lipinski definition) is 8. The fourth-order valence-corrected chi connectivity index (χ4v) is 3.26. The standard InChI is InChI=1S/C22H13ClF5N5O5/c23-13-3-12(7-30)17(24)15(5-13)38-18-19(22(27,28)21(25)26)31-10-32(20(18)35)8-14-4-11(6-29)16(9-33(14)36)37-2-1-34/h3-5,9-10,21,34H,1-2,8H2. The number of benzene rings is 1. The Bertz CT molecular complexity index is 1520. The third kappa shape index (κ3) is 5.59. The lowest BCUT2D eigenvalue weighted by Crippen LogP contribution is -2.36. The number of aliphatic hydroxyl groups is 1. The van der Waals surface area contributed by atoms with Crippen molar-refractivity contribution in [3.05, 3.63) is 79.6 Å². The topological polar surface area (TPSA) is 148 Å². The van der Waals surface area contributed by atoms with E-state index in [0.717, 1.165) is 18.3 Å². The van der Waals surface area contributed by atoms with E-state index in [-0.39, 0.29) is 33.4 Å². The number of ether oxygens (including phenoxy) is 2. The van der Waals surface area contributed by atoms with Crippen LogP contribution in [-0.2, 0) is 12.5 Å². The minimum absolute atomic E-state index is 0.165. The Kier molecular flexibility index (Phi) is 8.35. The van der Waals surface area contributed by atoms with E-state index >= 15 is 0 Å². The number of halogens is 6. The molecule has 0 atom stereocenters. The molecule has 0 saturated heterocycles. The summed E-state index contributed by atoms with van der Waals surface area (Å²) in [6.45, 7) is -1.40. The van der Waals surface area contributed by atoms with Gasteiger partial charge in [-0.25, -0.2) is 18.2 Å². The molecule has 0 saturated carbocycles. The van der Waals surface area contributed by atoms with Crippen LogP contribution >= 0.6 is 11.6 Å². The minimum Gasteiger partial charge on any atom is -0.618 e. The third-order valence-corrected chi connectivity index (χ3v) is 5.04. The van der Waals surface area contributed by atoms with Gasteiger partial charge in [-0.3, -0.25) is 9.36 Å². The van der Waals surface area contributed by atoms with Crippen LogP contribution in [0.5, 0.6) is 17.2 Å². The zero-order valence-electron chi connectivity index (χ0n) is 18.7. The van der Waals surface area contributed by atoms with Gasteiger partial charge in [0.2, 0.25) is 23.4 Å². The van der Waals surface area contributed by atoms with Crippen molar-refractivity contribution >= 4 is 11.6 Å². The molecule has 0 aliphatic rings. The molecular formula is C22H13ClF5N5O5. The zero-order valence-corrected chi connectivity index (χ0v) is 19.4. The molecule has 3 rings (SSSR count). The highest BCUT2D eigenvalue weighted by atomic mass is 35.5. The van der Waals surface area contributed by atoms with E-state index in [4.69, 9.17) is 31.4 Å². The molecule has 10 nitrogen and oxygen atoms in total. The number of rotatable bonds is 9. The first-order valence-electron chi connectivity index (χ1n) is 10.2. The van der Waals surface area contributed by atoms with Crippen LogP contribution in [0.25, 0.3) is 0 Å². The maximum absolute atomic E-state index is 14.6. The normalized spacial score (nSPS) is 11.2. The predicted molar refractivity (Wildman–Crippen MR) is 116 cm³/mol. The summed E-state index contributed by atoms with van der Waals surface area (Å²) in [5, 5.41) is 39.3. The van der Waals surface area contributed by atoms with Gasteiger partial charge >= 0.3 is 12.3 Å². The van der Waals surface area contributed by atoms with Crippen molar-refractivity contribution in [1.82, 2.24) is 9.55 Å². The molecule has 1 aromatic carbocycles. The van der Waals surface area contributed by atoms with Gasteiger partial charge in [-0.05, 0) is 6.07 Å². The zero-order chi connectivity index (χ0) is 28.2. The van der Waals surface area contributed by atoms with Crippen molar-refractivity contribution in [2.75, 3.05) is 13.2 Å². The second-order valence-corrected chi connectivity index (χ2v) is 7.75. The molecule has 0 aliphatic carbocycles. The molecule has 0 bridgehead atoms. The highest BCUT2D eigenvalue weighted by Crippen LogP contribution is 2.39. The van der Waals surface area contributed by atoms with Gasteiger partial charge in [-0.15, -0.1) is 0 Å². The largest absolute Gasteiger partial charge is 0.618 e. The first kappa shape index (κ1) is 28.1. The summed E-state index contributed by atoms with van der Waals surface area (Å²) in [5.41, 5.74) is -4.58. The van der Waals surface area contributed by atoms with Crippen LogP contribution in [0.1, 0.15) is 22.5 Å². The van der Waals surface area contributed by atoms with Crippen molar-refractivity contribution in [2.24, 2.45) is 0 Å². The fourth-order valence-electron chi connectivity index (χ4n) is 3.05. The summed E-state index contributed by atoms with van der Waals surface area (Å²) in [6, 6.07) is 5.73. The lowest BCUT2D eigenvalue weighted by Gasteiger charge is -2.19. The average Bonchev–Trinajstić information content (AvgIpc) is 2.87. The Balaban J connectivity index is 2.16. The summed E-state index contributed by atoms with van der Waals surface area (Å²) in [6.07, 6.45) is -3.11. The highest BCUT2D eigenvalue weighted by molar-refractivity contribution is 6.30. The van der Waals surface area contributed by atoms with Gasteiger partial charge in [0, 0.05) is 17.2 Å². The lowest BCUT2D eigenvalue weighted by atomic mass is 10.2. The molecule has 0 amide bonds. The molecule has 0 spiro atoms. The number of nitrogens with zero attached hydrogens (tertiary/aromatic N) is 5. The quantitative estimate of drug-likeness (QED) is 0.240. The smallest absolute Gasteiger partial charge is 0.352 e. The molecule has 0 unspecified atom stereocenters. The third-order valence-electron chi connectivity index (χ3n) is 4.82. The minimum atomic E-state index is -5.03. The molecule has 0 radical (unpaired) electrons. The van der Waals surface area contributed by atoms with E-state index < -0.39 is 59.6 Å². The van der Waals surface area contributed by atoms with Crippen molar-refractivity contribution < 1.29 is 41.3 Å². The average molecular weight is 558 g/mol. The molecule has 38 heavy (non-hydrogen) atoms. The number of aliphatic hydroxyl groups excluding tert-OH is 1. The molecule has 3 aromatic rings. The molecule has 2 heterocycles. The van der Waals surface area contributed by atoms with Crippen LogP contribution in [-0.4, -0.2) is 34.3 Å². The molecule has 2 aromatic heterocycles. The van der Waals surface area contributed by atoms with Crippen LogP contribution < -0.4 is 19.8 Å². The maximum atomic E-state index is 14.6. The summed E-state index contributed by atoms with van der Waals surface area (Å²) < 4.78 is 80.1. The molecule has 16 heteroatoms. The molecule has 1 N–H and O–H groups in total.